The van der Waals surface area contributed by atoms with Crippen molar-refractivity contribution in [1.82, 2.24) is 15.6 Å². The summed E-state index contributed by atoms with van der Waals surface area (Å²) in [6, 6.07) is 3.49. The van der Waals surface area contributed by atoms with E-state index in [9.17, 15) is 9.59 Å². The van der Waals surface area contributed by atoms with E-state index < -0.39 is 0 Å². The molecule has 0 fully saturated rings. The summed E-state index contributed by atoms with van der Waals surface area (Å²) in [5.41, 5.74) is 0.489. The number of amides is 2. The predicted molar refractivity (Wildman–Crippen MR) is 78.7 cm³/mol. The van der Waals surface area contributed by atoms with Gasteiger partial charge in [0.15, 0.2) is 0 Å². The van der Waals surface area contributed by atoms with E-state index in [-0.39, 0.29) is 18.2 Å². The second kappa shape index (κ2) is 8.90. The molecule has 6 heteroatoms. The number of carbonyl (C=O) groups excluding carboxylic acids is 2. The Labute approximate surface area is 119 Å². The number of nitrogens with one attached hydrogen (secondary N) is 3. The smallest absolute Gasteiger partial charge is 0.252 e. The van der Waals surface area contributed by atoms with E-state index in [1.165, 1.54) is 6.20 Å². The Balaban J connectivity index is 2.37. The van der Waals surface area contributed by atoms with Gasteiger partial charge in [0.1, 0.15) is 5.82 Å². The van der Waals surface area contributed by atoms with Crippen molar-refractivity contribution < 1.29 is 9.59 Å². The van der Waals surface area contributed by atoms with Gasteiger partial charge >= 0.3 is 0 Å². The highest BCUT2D eigenvalue weighted by molar-refractivity contribution is 5.94. The van der Waals surface area contributed by atoms with Crippen LogP contribution in [0.25, 0.3) is 0 Å². The standard InChI is InChI=1S/C14H22N4O2/c1-3-8-16-12-6-5-11(10-18-12)14(20)17-9-7-13(19)15-4-2/h5-6,10H,3-4,7-9H2,1-2H3,(H,15,19)(H,16,18)(H,17,20). The van der Waals surface area contributed by atoms with Crippen molar-refractivity contribution in [3.8, 4) is 0 Å². The van der Waals surface area contributed by atoms with Gasteiger partial charge in [-0.3, -0.25) is 9.59 Å². The normalized spacial score (nSPS) is 9.90. The van der Waals surface area contributed by atoms with E-state index in [0.29, 0.717) is 18.7 Å². The number of pyridine rings is 1. The van der Waals surface area contributed by atoms with Gasteiger partial charge in [0, 0.05) is 32.3 Å². The van der Waals surface area contributed by atoms with Crippen LogP contribution in [0.15, 0.2) is 18.3 Å². The minimum Gasteiger partial charge on any atom is -0.370 e. The van der Waals surface area contributed by atoms with Crippen LogP contribution in [-0.2, 0) is 4.79 Å². The van der Waals surface area contributed by atoms with Crippen LogP contribution in [0.4, 0.5) is 5.82 Å². The first kappa shape index (κ1) is 15.9. The molecule has 0 spiro atoms. The largest absolute Gasteiger partial charge is 0.370 e. The molecule has 2 amide bonds. The van der Waals surface area contributed by atoms with Gasteiger partial charge in [0.25, 0.3) is 5.91 Å². The number of rotatable bonds is 8. The summed E-state index contributed by atoms with van der Waals surface area (Å²) >= 11 is 0. The number of nitrogens with zero attached hydrogens (tertiary/aromatic N) is 1. The van der Waals surface area contributed by atoms with Crippen LogP contribution in [0.3, 0.4) is 0 Å². The Bertz CT molecular complexity index is 431. The van der Waals surface area contributed by atoms with Gasteiger partial charge in [-0.05, 0) is 25.5 Å². The average molecular weight is 278 g/mol. The number of hydrogen-bond donors (Lipinski definition) is 3. The van der Waals surface area contributed by atoms with Crippen molar-refractivity contribution in [3.05, 3.63) is 23.9 Å². The molecule has 0 aliphatic carbocycles. The number of aromatic nitrogens is 1. The molecule has 20 heavy (non-hydrogen) atoms. The van der Waals surface area contributed by atoms with Crippen LogP contribution in [0.1, 0.15) is 37.0 Å². The molecule has 1 aromatic rings. The second-order valence-corrected chi connectivity index (χ2v) is 4.32. The van der Waals surface area contributed by atoms with Crippen molar-refractivity contribution in [2.24, 2.45) is 0 Å². The molecule has 0 unspecified atom stereocenters. The molecular formula is C14H22N4O2. The topological polar surface area (TPSA) is 83.1 Å². The van der Waals surface area contributed by atoms with Crippen molar-refractivity contribution in [1.29, 1.82) is 0 Å². The molecule has 0 aromatic carbocycles. The minimum atomic E-state index is -0.219. The molecule has 0 aliphatic heterocycles. The van der Waals surface area contributed by atoms with E-state index in [1.807, 2.05) is 6.92 Å². The predicted octanol–water partition coefficient (Wildman–Crippen LogP) is 1.16. The van der Waals surface area contributed by atoms with E-state index >= 15 is 0 Å². The van der Waals surface area contributed by atoms with Crippen LogP contribution in [-0.4, -0.2) is 36.4 Å². The minimum absolute atomic E-state index is 0.0648. The maximum absolute atomic E-state index is 11.8. The molecule has 1 heterocycles. The highest BCUT2D eigenvalue weighted by atomic mass is 16.2. The molecule has 0 aliphatic rings. The third kappa shape index (κ3) is 5.69. The number of anilines is 1. The van der Waals surface area contributed by atoms with E-state index in [1.54, 1.807) is 12.1 Å². The zero-order valence-corrected chi connectivity index (χ0v) is 12.0. The molecule has 0 bridgehead atoms. The lowest BCUT2D eigenvalue weighted by Gasteiger charge is -2.07. The lowest BCUT2D eigenvalue weighted by atomic mass is 10.2. The van der Waals surface area contributed by atoms with Crippen LogP contribution >= 0.6 is 0 Å². The van der Waals surface area contributed by atoms with Gasteiger partial charge < -0.3 is 16.0 Å². The van der Waals surface area contributed by atoms with Crippen LogP contribution < -0.4 is 16.0 Å². The highest BCUT2D eigenvalue weighted by Crippen LogP contribution is 2.05. The lowest BCUT2D eigenvalue weighted by Crippen LogP contribution is -2.30. The SMILES string of the molecule is CCCNc1ccc(C(=O)NCCC(=O)NCC)cn1. The fourth-order valence-corrected chi connectivity index (χ4v) is 1.56. The third-order valence-corrected chi connectivity index (χ3v) is 2.59. The summed E-state index contributed by atoms with van der Waals surface area (Å²) < 4.78 is 0. The van der Waals surface area contributed by atoms with E-state index in [2.05, 4.69) is 27.9 Å². The molecule has 1 rings (SSSR count). The summed E-state index contributed by atoms with van der Waals surface area (Å²) in [4.78, 5) is 27.2. The van der Waals surface area contributed by atoms with E-state index in [4.69, 9.17) is 0 Å². The maximum Gasteiger partial charge on any atom is 0.252 e. The summed E-state index contributed by atoms with van der Waals surface area (Å²) in [6.07, 6.45) is 2.83. The summed E-state index contributed by atoms with van der Waals surface area (Å²) in [6.45, 7) is 5.70. The molecule has 1 aromatic heterocycles. The first-order valence-electron chi connectivity index (χ1n) is 6.92. The Kier molecular flexibility index (Phi) is 7.10. The third-order valence-electron chi connectivity index (χ3n) is 2.59. The van der Waals surface area contributed by atoms with Gasteiger partial charge in [0.2, 0.25) is 5.91 Å². The van der Waals surface area contributed by atoms with Crippen molar-refractivity contribution in [2.75, 3.05) is 25.0 Å². The Hall–Kier alpha value is -2.11. The Morgan fingerprint density at radius 3 is 2.55 bits per heavy atom. The van der Waals surface area contributed by atoms with Crippen molar-refractivity contribution in [2.45, 2.75) is 26.7 Å². The fraction of sp³-hybridized carbons (Fsp3) is 0.500. The molecule has 110 valence electrons. The average Bonchev–Trinajstić information content (AvgIpc) is 2.46. The molecule has 0 atom stereocenters. The van der Waals surface area contributed by atoms with E-state index in [0.717, 1.165) is 18.8 Å². The summed E-state index contributed by atoms with van der Waals surface area (Å²) in [7, 11) is 0. The van der Waals surface area contributed by atoms with Crippen LogP contribution in [0.2, 0.25) is 0 Å². The number of hydrogen-bond acceptors (Lipinski definition) is 4. The van der Waals surface area contributed by atoms with Gasteiger partial charge in [0.05, 0.1) is 5.56 Å². The first-order valence-corrected chi connectivity index (χ1v) is 6.92. The van der Waals surface area contributed by atoms with Crippen molar-refractivity contribution in [3.63, 3.8) is 0 Å². The van der Waals surface area contributed by atoms with Crippen LogP contribution in [0, 0.1) is 0 Å². The van der Waals surface area contributed by atoms with Crippen molar-refractivity contribution >= 4 is 17.6 Å². The fourth-order valence-electron chi connectivity index (χ4n) is 1.56. The molecule has 6 nitrogen and oxygen atoms in total. The molecule has 0 saturated carbocycles. The quantitative estimate of drug-likeness (QED) is 0.666. The summed E-state index contributed by atoms with van der Waals surface area (Å²) in [5, 5.41) is 8.50. The van der Waals surface area contributed by atoms with Gasteiger partial charge in [-0.2, -0.15) is 0 Å². The van der Waals surface area contributed by atoms with Gasteiger partial charge in [-0.25, -0.2) is 4.98 Å². The molecular weight excluding hydrogens is 256 g/mol. The maximum atomic E-state index is 11.8. The monoisotopic (exact) mass is 278 g/mol. The van der Waals surface area contributed by atoms with Gasteiger partial charge in [-0.15, -0.1) is 0 Å². The zero-order valence-electron chi connectivity index (χ0n) is 12.0. The Morgan fingerprint density at radius 1 is 1.15 bits per heavy atom. The summed E-state index contributed by atoms with van der Waals surface area (Å²) in [5.74, 6) is 0.472. The lowest BCUT2D eigenvalue weighted by molar-refractivity contribution is -0.120. The van der Waals surface area contributed by atoms with Crippen LogP contribution in [0.5, 0.6) is 0 Å². The second-order valence-electron chi connectivity index (χ2n) is 4.32. The zero-order chi connectivity index (χ0) is 14.8. The first-order chi connectivity index (χ1) is 9.67. The molecule has 0 radical (unpaired) electrons. The highest BCUT2D eigenvalue weighted by Gasteiger charge is 2.06. The molecule has 3 N–H and O–H groups in total. The number of carbonyl (C=O) groups is 2. The van der Waals surface area contributed by atoms with Gasteiger partial charge in [-0.1, -0.05) is 6.92 Å². The molecule has 0 saturated heterocycles. The Morgan fingerprint density at radius 2 is 1.95 bits per heavy atom.